The third kappa shape index (κ3) is 3.08. The van der Waals surface area contributed by atoms with E-state index in [0.717, 1.165) is 17.8 Å². The zero-order chi connectivity index (χ0) is 14.7. The lowest BCUT2D eigenvalue weighted by atomic mass is 10.2. The zero-order valence-electron chi connectivity index (χ0n) is 11.0. The van der Waals surface area contributed by atoms with E-state index in [1.807, 2.05) is 6.92 Å². The molecule has 8 heteroatoms. The fourth-order valence-corrected chi connectivity index (χ4v) is 2.70. The van der Waals surface area contributed by atoms with Gasteiger partial charge in [-0.1, -0.05) is 30.1 Å². The van der Waals surface area contributed by atoms with Crippen LogP contribution in [0.2, 0.25) is 10.0 Å². The van der Waals surface area contributed by atoms with E-state index in [1.165, 1.54) is 0 Å². The van der Waals surface area contributed by atoms with E-state index in [-0.39, 0.29) is 0 Å². The first-order valence-corrected chi connectivity index (χ1v) is 7.15. The summed E-state index contributed by atoms with van der Waals surface area (Å²) < 4.78 is 7.53. The Morgan fingerprint density at radius 3 is 2.85 bits per heavy atom. The monoisotopic (exact) mass is 332 g/mol. The number of nitrogens with zero attached hydrogens (tertiary/aromatic N) is 2. The maximum absolute atomic E-state index is 6.10. The molecule has 108 valence electrons. The highest BCUT2D eigenvalue weighted by Crippen LogP contribution is 2.32. The van der Waals surface area contributed by atoms with Crippen molar-refractivity contribution in [1.82, 2.24) is 14.9 Å². The molecule has 0 saturated heterocycles. The smallest absolute Gasteiger partial charge is 0.214 e. The van der Waals surface area contributed by atoms with Gasteiger partial charge in [0.25, 0.3) is 0 Å². The molecule has 0 unspecified atom stereocenters. The molecule has 0 saturated carbocycles. The van der Waals surface area contributed by atoms with Crippen molar-refractivity contribution in [2.75, 3.05) is 12.5 Å². The van der Waals surface area contributed by atoms with E-state index < -0.39 is 0 Å². The van der Waals surface area contributed by atoms with E-state index in [1.54, 1.807) is 23.9 Å². The fraction of sp³-hybridized carbons (Fsp3) is 0.333. The Hall–Kier alpha value is -1.24. The Morgan fingerprint density at radius 2 is 2.20 bits per heavy atom. The Kier molecular flexibility index (Phi) is 4.91. The summed E-state index contributed by atoms with van der Waals surface area (Å²) in [5.41, 5.74) is 4.02. The number of aromatic amines is 1. The molecule has 0 spiro atoms. The van der Waals surface area contributed by atoms with Gasteiger partial charge in [-0.25, -0.2) is 4.68 Å². The van der Waals surface area contributed by atoms with E-state index in [9.17, 15) is 0 Å². The number of aryl methyl sites for hydroxylation is 1. The van der Waals surface area contributed by atoms with Crippen LogP contribution in [-0.4, -0.2) is 22.0 Å². The van der Waals surface area contributed by atoms with Gasteiger partial charge in [-0.15, -0.1) is 0 Å². The van der Waals surface area contributed by atoms with Crippen LogP contribution < -0.4 is 10.2 Å². The largest absolute Gasteiger partial charge is 0.495 e. The standard InChI is InChI=1S/C12H14Cl2N4OS/c1-3-10-16-17-12(20)18(10)15-6-7-4-8(13)5-9(14)11(7)19-2/h4-5,15H,3,6H2,1-2H3,(H,17,20). The first-order chi connectivity index (χ1) is 9.56. The quantitative estimate of drug-likeness (QED) is 0.822. The summed E-state index contributed by atoms with van der Waals surface area (Å²) in [5.74, 6) is 1.42. The average molecular weight is 333 g/mol. The van der Waals surface area contributed by atoms with Crippen molar-refractivity contribution in [3.63, 3.8) is 0 Å². The van der Waals surface area contributed by atoms with Gasteiger partial charge in [0.1, 0.15) is 5.75 Å². The molecule has 2 aromatic rings. The highest BCUT2D eigenvalue weighted by molar-refractivity contribution is 7.71. The molecule has 0 amide bonds. The zero-order valence-corrected chi connectivity index (χ0v) is 13.4. The van der Waals surface area contributed by atoms with Crippen LogP contribution in [0.15, 0.2) is 12.1 Å². The van der Waals surface area contributed by atoms with Gasteiger partial charge >= 0.3 is 0 Å². The minimum atomic E-state index is 0.463. The third-order valence-corrected chi connectivity index (χ3v) is 3.55. The maximum atomic E-state index is 6.10. The first-order valence-electron chi connectivity index (χ1n) is 5.98. The molecule has 0 aliphatic rings. The number of halogens is 2. The van der Waals surface area contributed by atoms with E-state index in [2.05, 4.69) is 15.6 Å². The second-order valence-electron chi connectivity index (χ2n) is 4.05. The summed E-state index contributed by atoms with van der Waals surface area (Å²) in [6.07, 6.45) is 0.758. The maximum Gasteiger partial charge on any atom is 0.214 e. The first kappa shape index (κ1) is 15.2. The number of benzene rings is 1. The van der Waals surface area contributed by atoms with Crippen LogP contribution in [0.4, 0.5) is 0 Å². The molecule has 2 N–H and O–H groups in total. The van der Waals surface area contributed by atoms with E-state index in [0.29, 0.717) is 27.1 Å². The second kappa shape index (κ2) is 6.47. The van der Waals surface area contributed by atoms with E-state index in [4.69, 9.17) is 40.2 Å². The van der Waals surface area contributed by atoms with Gasteiger partial charge in [-0.3, -0.25) is 5.10 Å². The van der Waals surface area contributed by atoms with Gasteiger partial charge in [0.2, 0.25) is 4.77 Å². The summed E-state index contributed by atoms with van der Waals surface area (Å²) in [5, 5.41) is 7.90. The lowest BCUT2D eigenvalue weighted by Crippen LogP contribution is -2.17. The average Bonchev–Trinajstić information content (AvgIpc) is 2.76. The Morgan fingerprint density at radius 1 is 1.45 bits per heavy atom. The molecule has 0 aliphatic carbocycles. The van der Waals surface area contributed by atoms with Crippen molar-refractivity contribution in [2.45, 2.75) is 19.9 Å². The lowest BCUT2D eigenvalue weighted by molar-refractivity contribution is 0.410. The van der Waals surface area contributed by atoms with Crippen molar-refractivity contribution < 1.29 is 4.74 Å². The normalized spacial score (nSPS) is 10.6. The molecule has 0 bridgehead atoms. The number of ether oxygens (including phenoxy) is 1. The van der Waals surface area contributed by atoms with Crippen LogP contribution in [-0.2, 0) is 13.0 Å². The predicted octanol–water partition coefficient (Wildman–Crippen LogP) is 3.56. The molecule has 1 aromatic carbocycles. The molecule has 0 radical (unpaired) electrons. The van der Waals surface area contributed by atoms with Crippen LogP contribution >= 0.6 is 35.4 Å². The molecule has 1 aromatic heterocycles. The second-order valence-corrected chi connectivity index (χ2v) is 5.28. The summed E-state index contributed by atoms with van der Waals surface area (Å²) in [4.78, 5) is 0. The molecule has 2 rings (SSSR count). The minimum absolute atomic E-state index is 0.463. The summed E-state index contributed by atoms with van der Waals surface area (Å²) in [7, 11) is 1.57. The molecule has 1 heterocycles. The molecule has 0 atom stereocenters. The highest BCUT2D eigenvalue weighted by atomic mass is 35.5. The number of hydrogen-bond donors (Lipinski definition) is 2. The van der Waals surface area contributed by atoms with Crippen LogP contribution in [0.25, 0.3) is 0 Å². The van der Waals surface area contributed by atoms with Gasteiger partial charge in [0, 0.05) is 17.0 Å². The van der Waals surface area contributed by atoms with Crippen LogP contribution in [0.1, 0.15) is 18.3 Å². The SMILES string of the molecule is CCc1n[nH]c(=S)n1NCc1cc(Cl)cc(Cl)c1OC. The highest BCUT2D eigenvalue weighted by Gasteiger charge is 2.11. The van der Waals surface area contributed by atoms with Crippen LogP contribution in [0.5, 0.6) is 5.75 Å². The Labute approximate surface area is 131 Å². The van der Waals surface area contributed by atoms with Gasteiger partial charge in [0.15, 0.2) is 5.82 Å². The molecule has 20 heavy (non-hydrogen) atoms. The van der Waals surface area contributed by atoms with Crippen molar-refractivity contribution in [1.29, 1.82) is 0 Å². The van der Waals surface area contributed by atoms with Crippen molar-refractivity contribution in [3.8, 4) is 5.75 Å². The number of hydrogen-bond acceptors (Lipinski definition) is 4. The number of H-pyrrole nitrogens is 1. The Bertz CT molecular complexity index is 668. The van der Waals surface area contributed by atoms with Crippen LogP contribution in [0.3, 0.4) is 0 Å². The molecule has 0 aliphatic heterocycles. The summed E-state index contributed by atoms with van der Waals surface area (Å²) >= 11 is 17.3. The van der Waals surface area contributed by atoms with Crippen molar-refractivity contribution in [3.05, 3.63) is 38.3 Å². The van der Waals surface area contributed by atoms with Crippen molar-refractivity contribution in [2.24, 2.45) is 0 Å². The van der Waals surface area contributed by atoms with E-state index >= 15 is 0 Å². The van der Waals surface area contributed by atoms with Gasteiger partial charge in [-0.05, 0) is 24.4 Å². The fourth-order valence-electron chi connectivity index (χ4n) is 1.87. The number of nitrogens with one attached hydrogen (secondary N) is 2. The molecule has 5 nitrogen and oxygen atoms in total. The van der Waals surface area contributed by atoms with Gasteiger partial charge < -0.3 is 10.2 Å². The summed E-state index contributed by atoms with van der Waals surface area (Å²) in [6.45, 7) is 2.46. The molecular formula is C12H14Cl2N4OS. The minimum Gasteiger partial charge on any atom is -0.495 e. The lowest BCUT2D eigenvalue weighted by Gasteiger charge is -2.13. The van der Waals surface area contributed by atoms with Crippen molar-refractivity contribution >= 4 is 35.4 Å². The molecule has 0 fully saturated rings. The topological polar surface area (TPSA) is 54.9 Å². The van der Waals surface area contributed by atoms with Gasteiger partial charge in [-0.2, -0.15) is 5.10 Å². The summed E-state index contributed by atoms with van der Waals surface area (Å²) in [6, 6.07) is 3.45. The predicted molar refractivity (Wildman–Crippen MR) is 82.9 cm³/mol. The van der Waals surface area contributed by atoms with Gasteiger partial charge in [0.05, 0.1) is 18.7 Å². The molecular weight excluding hydrogens is 319 g/mol. The Balaban J connectivity index is 2.27. The number of rotatable bonds is 5. The number of methoxy groups -OCH3 is 1. The third-order valence-electron chi connectivity index (χ3n) is 2.78. The van der Waals surface area contributed by atoms with Crippen LogP contribution in [0, 0.1) is 4.77 Å². The number of aromatic nitrogens is 3.